The molecular formula is C13H16ClN3O3. The molecular weight excluding hydrogens is 282 g/mol. The van der Waals surface area contributed by atoms with Crippen molar-refractivity contribution in [3.8, 4) is 0 Å². The molecule has 2 rings (SSSR count). The van der Waals surface area contributed by atoms with Gasteiger partial charge in [0.15, 0.2) is 0 Å². The van der Waals surface area contributed by atoms with E-state index in [1.165, 1.54) is 18.2 Å². The van der Waals surface area contributed by atoms with E-state index in [0.717, 1.165) is 25.8 Å². The molecule has 0 saturated carbocycles. The number of rotatable bonds is 5. The summed E-state index contributed by atoms with van der Waals surface area (Å²) in [5.41, 5.74) is -0.229. The van der Waals surface area contributed by atoms with Crippen molar-refractivity contribution in [1.82, 2.24) is 10.6 Å². The molecule has 1 aromatic rings. The topological polar surface area (TPSA) is 84.3 Å². The smallest absolute Gasteiger partial charge is 0.282 e. The second-order valence-corrected chi connectivity index (χ2v) is 5.19. The molecule has 6 nitrogen and oxygen atoms in total. The van der Waals surface area contributed by atoms with Crippen molar-refractivity contribution in [3.05, 3.63) is 38.9 Å². The number of halogens is 1. The maximum Gasteiger partial charge on any atom is 0.282 e. The van der Waals surface area contributed by atoms with Crippen molar-refractivity contribution >= 4 is 23.2 Å². The summed E-state index contributed by atoms with van der Waals surface area (Å²) in [6.45, 7) is 1.50. The lowest BCUT2D eigenvalue weighted by Crippen LogP contribution is -2.30. The minimum Gasteiger partial charge on any atom is -0.352 e. The first-order chi connectivity index (χ1) is 9.58. The number of benzene rings is 1. The Labute approximate surface area is 121 Å². The molecule has 1 saturated heterocycles. The van der Waals surface area contributed by atoms with Gasteiger partial charge in [-0.3, -0.25) is 14.9 Å². The fourth-order valence-electron chi connectivity index (χ4n) is 2.31. The van der Waals surface area contributed by atoms with Crippen LogP contribution in [0.4, 0.5) is 5.69 Å². The summed E-state index contributed by atoms with van der Waals surface area (Å²) in [5.74, 6) is -0.461. The Bertz CT molecular complexity index is 516. The summed E-state index contributed by atoms with van der Waals surface area (Å²) in [5, 5.41) is 17.2. The number of nitrogens with one attached hydrogen (secondary N) is 2. The number of carbonyl (C=O) groups excluding carboxylic acids is 1. The minimum atomic E-state index is -0.580. The lowest BCUT2D eigenvalue weighted by molar-refractivity contribution is -0.385. The first-order valence-corrected chi connectivity index (χ1v) is 6.91. The van der Waals surface area contributed by atoms with Crippen molar-refractivity contribution in [1.29, 1.82) is 0 Å². The molecule has 1 unspecified atom stereocenters. The molecule has 0 aliphatic carbocycles. The molecule has 1 aliphatic heterocycles. The third kappa shape index (κ3) is 3.68. The zero-order chi connectivity index (χ0) is 14.5. The van der Waals surface area contributed by atoms with Gasteiger partial charge in [-0.15, -0.1) is 0 Å². The van der Waals surface area contributed by atoms with E-state index < -0.39 is 10.8 Å². The van der Waals surface area contributed by atoms with Crippen LogP contribution in [-0.4, -0.2) is 30.0 Å². The Kier molecular flexibility index (Phi) is 4.92. The van der Waals surface area contributed by atoms with Crippen LogP contribution in [0, 0.1) is 10.1 Å². The van der Waals surface area contributed by atoms with Crippen LogP contribution in [0.2, 0.25) is 5.02 Å². The van der Waals surface area contributed by atoms with Gasteiger partial charge in [-0.05, 0) is 37.9 Å². The predicted molar refractivity (Wildman–Crippen MR) is 76.1 cm³/mol. The molecule has 1 fully saturated rings. The molecule has 108 valence electrons. The van der Waals surface area contributed by atoms with Crippen LogP contribution in [-0.2, 0) is 0 Å². The summed E-state index contributed by atoms with van der Waals surface area (Å²) in [6, 6.07) is 4.39. The van der Waals surface area contributed by atoms with E-state index in [2.05, 4.69) is 10.6 Å². The van der Waals surface area contributed by atoms with Crippen molar-refractivity contribution in [2.24, 2.45) is 0 Å². The number of amides is 1. The van der Waals surface area contributed by atoms with Crippen molar-refractivity contribution < 1.29 is 9.72 Å². The van der Waals surface area contributed by atoms with Crippen LogP contribution in [0.5, 0.6) is 0 Å². The second-order valence-electron chi connectivity index (χ2n) is 4.76. The fourth-order valence-corrected chi connectivity index (χ4v) is 2.48. The van der Waals surface area contributed by atoms with Crippen molar-refractivity contribution in [2.75, 3.05) is 13.1 Å². The Morgan fingerprint density at radius 3 is 3.00 bits per heavy atom. The highest BCUT2D eigenvalue weighted by atomic mass is 35.5. The average molecular weight is 298 g/mol. The van der Waals surface area contributed by atoms with Gasteiger partial charge in [0.1, 0.15) is 5.56 Å². The lowest BCUT2D eigenvalue weighted by Gasteiger charge is -2.11. The molecule has 0 radical (unpaired) electrons. The van der Waals surface area contributed by atoms with E-state index in [-0.39, 0.29) is 11.3 Å². The maximum absolute atomic E-state index is 12.0. The third-order valence-electron chi connectivity index (χ3n) is 3.34. The van der Waals surface area contributed by atoms with E-state index >= 15 is 0 Å². The van der Waals surface area contributed by atoms with Gasteiger partial charge >= 0.3 is 0 Å². The summed E-state index contributed by atoms with van der Waals surface area (Å²) in [6.07, 6.45) is 3.08. The van der Waals surface area contributed by atoms with Crippen LogP contribution in [0.1, 0.15) is 29.6 Å². The minimum absolute atomic E-state index is 0.00174. The standard InChI is InChI=1S/C13H16ClN3O3/c14-9-3-4-12(17(19)20)11(8-9)13(18)16-7-5-10-2-1-6-15-10/h3-4,8,10,15H,1-2,5-7H2,(H,16,18). The van der Waals surface area contributed by atoms with E-state index in [9.17, 15) is 14.9 Å². The van der Waals surface area contributed by atoms with E-state index in [1.807, 2.05) is 0 Å². The van der Waals surface area contributed by atoms with E-state index in [1.54, 1.807) is 0 Å². The van der Waals surface area contributed by atoms with Crippen LogP contribution in [0.15, 0.2) is 18.2 Å². The Morgan fingerprint density at radius 2 is 2.35 bits per heavy atom. The predicted octanol–water partition coefficient (Wildman–Crippen LogP) is 2.12. The van der Waals surface area contributed by atoms with Gasteiger partial charge in [0, 0.05) is 23.7 Å². The highest BCUT2D eigenvalue weighted by Gasteiger charge is 2.21. The van der Waals surface area contributed by atoms with Gasteiger partial charge in [-0.2, -0.15) is 0 Å². The van der Waals surface area contributed by atoms with Crippen LogP contribution in [0.3, 0.4) is 0 Å². The highest BCUT2D eigenvalue weighted by Crippen LogP contribution is 2.22. The first-order valence-electron chi connectivity index (χ1n) is 6.53. The molecule has 1 amide bonds. The Hall–Kier alpha value is -1.66. The van der Waals surface area contributed by atoms with Crippen LogP contribution < -0.4 is 10.6 Å². The number of nitro benzene ring substituents is 1. The summed E-state index contributed by atoms with van der Waals surface area (Å²) < 4.78 is 0. The third-order valence-corrected chi connectivity index (χ3v) is 3.58. The van der Waals surface area contributed by atoms with Gasteiger partial charge < -0.3 is 10.6 Å². The quantitative estimate of drug-likeness (QED) is 0.644. The Balaban J connectivity index is 1.97. The van der Waals surface area contributed by atoms with E-state index in [4.69, 9.17) is 11.6 Å². The zero-order valence-corrected chi connectivity index (χ0v) is 11.7. The maximum atomic E-state index is 12.0. The largest absolute Gasteiger partial charge is 0.352 e. The van der Waals surface area contributed by atoms with Gasteiger partial charge in [0.05, 0.1) is 4.92 Å². The number of nitro groups is 1. The number of nitrogens with zero attached hydrogens (tertiary/aromatic N) is 1. The fraction of sp³-hybridized carbons (Fsp3) is 0.462. The Morgan fingerprint density at radius 1 is 1.55 bits per heavy atom. The summed E-state index contributed by atoms with van der Waals surface area (Å²) in [7, 11) is 0. The second kappa shape index (κ2) is 6.67. The molecule has 1 aromatic carbocycles. The van der Waals surface area contributed by atoms with Gasteiger partial charge in [0.2, 0.25) is 0 Å². The van der Waals surface area contributed by atoms with Crippen molar-refractivity contribution in [2.45, 2.75) is 25.3 Å². The van der Waals surface area contributed by atoms with Gasteiger partial charge in [0.25, 0.3) is 11.6 Å². The molecule has 1 atom stereocenters. The monoisotopic (exact) mass is 297 g/mol. The molecule has 0 bridgehead atoms. The zero-order valence-electron chi connectivity index (χ0n) is 10.9. The van der Waals surface area contributed by atoms with Crippen molar-refractivity contribution in [3.63, 3.8) is 0 Å². The lowest BCUT2D eigenvalue weighted by atomic mass is 10.1. The van der Waals surface area contributed by atoms with Crippen LogP contribution >= 0.6 is 11.6 Å². The normalized spacial score (nSPS) is 17.9. The summed E-state index contributed by atoms with van der Waals surface area (Å²) >= 11 is 5.79. The SMILES string of the molecule is O=C(NCCC1CCCN1)c1cc(Cl)ccc1[N+](=O)[O-]. The molecule has 2 N–H and O–H groups in total. The molecule has 20 heavy (non-hydrogen) atoms. The molecule has 7 heteroatoms. The number of hydrogen-bond donors (Lipinski definition) is 2. The highest BCUT2D eigenvalue weighted by molar-refractivity contribution is 6.31. The molecule has 1 aliphatic rings. The first kappa shape index (κ1) is 14.7. The number of carbonyl (C=O) groups is 1. The molecule has 0 aromatic heterocycles. The van der Waals surface area contributed by atoms with Gasteiger partial charge in [-0.25, -0.2) is 0 Å². The van der Waals surface area contributed by atoms with Gasteiger partial charge in [-0.1, -0.05) is 11.6 Å². The van der Waals surface area contributed by atoms with E-state index in [0.29, 0.717) is 17.6 Å². The summed E-state index contributed by atoms with van der Waals surface area (Å²) in [4.78, 5) is 22.3. The average Bonchev–Trinajstić information content (AvgIpc) is 2.91. The number of hydrogen-bond acceptors (Lipinski definition) is 4. The molecule has 0 spiro atoms. The molecule has 1 heterocycles. The van der Waals surface area contributed by atoms with Crippen LogP contribution in [0.25, 0.3) is 0 Å².